The van der Waals surface area contributed by atoms with Crippen molar-refractivity contribution in [1.82, 2.24) is 10.2 Å². The molecule has 2 rings (SSSR count). The quantitative estimate of drug-likeness (QED) is 0.800. The number of hydrogen-bond acceptors (Lipinski definition) is 5. The maximum atomic E-state index is 5.66. The summed E-state index contributed by atoms with van der Waals surface area (Å²) in [6, 6.07) is 7.78. The normalized spacial score (nSPS) is 10.3. The molecule has 4 nitrogen and oxygen atoms in total. The highest BCUT2D eigenvalue weighted by Gasteiger charge is 2.06. The van der Waals surface area contributed by atoms with Gasteiger partial charge in [0.1, 0.15) is 10.8 Å². The van der Waals surface area contributed by atoms with Crippen LogP contribution in [0.15, 0.2) is 24.3 Å². The van der Waals surface area contributed by atoms with E-state index >= 15 is 0 Å². The van der Waals surface area contributed by atoms with Gasteiger partial charge in [0.25, 0.3) is 5.19 Å². The molecule has 0 amide bonds. The van der Waals surface area contributed by atoms with E-state index in [1.165, 1.54) is 11.3 Å². The van der Waals surface area contributed by atoms with Crippen molar-refractivity contribution in [3.05, 3.63) is 29.3 Å². The maximum Gasteiger partial charge on any atom is 0.299 e. The molecule has 90 valence electrons. The largest absolute Gasteiger partial charge is 0.430 e. The van der Waals surface area contributed by atoms with E-state index in [9.17, 15) is 0 Å². The summed E-state index contributed by atoms with van der Waals surface area (Å²) in [5, 5.41) is 9.06. The van der Waals surface area contributed by atoms with Crippen molar-refractivity contribution < 1.29 is 4.74 Å². The average molecular weight is 270 g/mol. The molecule has 0 saturated carbocycles. The third-order valence-electron chi connectivity index (χ3n) is 2.10. The van der Waals surface area contributed by atoms with Crippen molar-refractivity contribution in [2.24, 2.45) is 0 Å². The molecule has 0 spiro atoms. The zero-order valence-corrected chi connectivity index (χ0v) is 11.1. The smallest absolute Gasteiger partial charge is 0.299 e. The second-order valence-corrected chi connectivity index (χ2v) is 4.88. The van der Waals surface area contributed by atoms with E-state index in [4.69, 9.17) is 16.3 Å². The van der Waals surface area contributed by atoms with Gasteiger partial charge in [-0.3, -0.25) is 0 Å². The van der Waals surface area contributed by atoms with E-state index in [1.54, 1.807) is 0 Å². The standard InChI is InChI=1S/C11H12ClN3OS/c1-15(2)8-4-3-5-9(6-8)16-11-14-13-10(7-12)17-11/h3-6H,7H2,1-2H3. The molecular formula is C11H12ClN3OS. The molecule has 1 aromatic carbocycles. The number of ether oxygens (including phenoxy) is 1. The summed E-state index contributed by atoms with van der Waals surface area (Å²) in [6.07, 6.45) is 0. The Labute approximate surface area is 109 Å². The second kappa shape index (κ2) is 5.33. The van der Waals surface area contributed by atoms with Gasteiger partial charge >= 0.3 is 0 Å². The monoisotopic (exact) mass is 269 g/mol. The Kier molecular flexibility index (Phi) is 3.81. The van der Waals surface area contributed by atoms with Crippen LogP contribution in [0.2, 0.25) is 0 Å². The fourth-order valence-electron chi connectivity index (χ4n) is 1.26. The Morgan fingerprint density at radius 1 is 1.35 bits per heavy atom. The molecule has 0 aliphatic carbocycles. The minimum Gasteiger partial charge on any atom is -0.430 e. The van der Waals surface area contributed by atoms with Crippen LogP contribution in [0, 0.1) is 0 Å². The highest BCUT2D eigenvalue weighted by Crippen LogP contribution is 2.27. The molecule has 0 saturated heterocycles. The lowest BCUT2D eigenvalue weighted by Gasteiger charge is -2.12. The molecule has 0 bridgehead atoms. The highest BCUT2D eigenvalue weighted by molar-refractivity contribution is 7.13. The molecule has 0 fully saturated rings. The molecule has 1 heterocycles. The van der Waals surface area contributed by atoms with E-state index < -0.39 is 0 Å². The molecule has 0 aliphatic rings. The van der Waals surface area contributed by atoms with Crippen molar-refractivity contribution in [1.29, 1.82) is 0 Å². The van der Waals surface area contributed by atoms with Gasteiger partial charge in [-0.05, 0) is 12.1 Å². The van der Waals surface area contributed by atoms with Crippen LogP contribution in [0.5, 0.6) is 10.9 Å². The maximum absolute atomic E-state index is 5.66. The van der Waals surface area contributed by atoms with Crippen molar-refractivity contribution in [3.63, 3.8) is 0 Å². The third-order valence-corrected chi connectivity index (χ3v) is 3.31. The predicted octanol–water partition coefficient (Wildman–Crippen LogP) is 3.14. The SMILES string of the molecule is CN(C)c1cccc(Oc2nnc(CCl)s2)c1. The fraction of sp³-hybridized carbons (Fsp3) is 0.273. The second-order valence-electron chi connectivity index (χ2n) is 3.59. The van der Waals surface area contributed by atoms with Crippen LogP contribution in [0.3, 0.4) is 0 Å². The zero-order valence-electron chi connectivity index (χ0n) is 9.55. The molecule has 0 N–H and O–H groups in total. The van der Waals surface area contributed by atoms with E-state index in [1.807, 2.05) is 43.3 Å². The lowest BCUT2D eigenvalue weighted by Crippen LogP contribution is -2.08. The minimum absolute atomic E-state index is 0.360. The van der Waals surface area contributed by atoms with Gasteiger partial charge in [0.05, 0.1) is 5.88 Å². The van der Waals surface area contributed by atoms with Crippen LogP contribution in [0.25, 0.3) is 0 Å². The van der Waals surface area contributed by atoms with Gasteiger partial charge in [-0.15, -0.1) is 16.7 Å². The third kappa shape index (κ3) is 3.08. The molecule has 2 aromatic rings. The van der Waals surface area contributed by atoms with Crippen LogP contribution in [-0.4, -0.2) is 24.3 Å². The number of alkyl halides is 1. The van der Waals surface area contributed by atoms with Crippen molar-refractivity contribution in [3.8, 4) is 10.9 Å². The summed E-state index contributed by atoms with van der Waals surface area (Å²) in [7, 11) is 3.96. The number of halogens is 1. The van der Waals surface area contributed by atoms with E-state index in [2.05, 4.69) is 10.2 Å². The molecular weight excluding hydrogens is 258 g/mol. The Hall–Kier alpha value is -1.33. The summed E-state index contributed by atoms with van der Waals surface area (Å²) >= 11 is 7.01. The Morgan fingerprint density at radius 3 is 2.82 bits per heavy atom. The van der Waals surface area contributed by atoms with Crippen molar-refractivity contribution in [2.75, 3.05) is 19.0 Å². The van der Waals surface area contributed by atoms with Crippen molar-refractivity contribution >= 4 is 28.6 Å². The molecule has 6 heteroatoms. The number of hydrogen-bond donors (Lipinski definition) is 0. The molecule has 0 aliphatic heterocycles. The number of benzene rings is 1. The average Bonchev–Trinajstić information content (AvgIpc) is 2.77. The van der Waals surface area contributed by atoms with Crippen LogP contribution in [0.4, 0.5) is 5.69 Å². The first-order chi connectivity index (χ1) is 8.19. The minimum atomic E-state index is 0.360. The van der Waals surface area contributed by atoms with E-state index in [-0.39, 0.29) is 0 Å². The summed E-state index contributed by atoms with van der Waals surface area (Å²) < 4.78 is 5.61. The first kappa shape index (κ1) is 12.1. The topological polar surface area (TPSA) is 38.2 Å². The van der Waals surface area contributed by atoms with Crippen LogP contribution in [-0.2, 0) is 5.88 Å². The number of anilines is 1. The van der Waals surface area contributed by atoms with Gasteiger partial charge in [-0.2, -0.15) is 0 Å². The Bertz CT molecular complexity index is 501. The van der Waals surface area contributed by atoms with Gasteiger partial charge in [-0.25, -0.2) is 0 Å². The molecule has 1 aromatic heterocycles. The number of rotatable bonds is 4. The van der Waals surface area contributed by atoms with E-state index in [0.29, 0.717) is 11.1 Å². The van der Waals surface area contributed by atoms with E-state index in [0.717, 1.165) is 16.4 Å². The Balaban J connectivity index is 2.15. The van der Waals surface area contributed by atoms with Gasteiger partial charge in [0, 0.05) is 25.8 Å². The van der Waals surface area contributed by atoms with Crippen LogP contribution >= 0.6 is 22.9 Å². The van der Waals surface area contributed by atoms with Gasteiger partial charge in [0.15, 0.2) is 0 Å². The first-order valence-electron chi connectivity index (χ1n) is 5.02. The first-order valence-corrected chi connectivity index (χ1v) is 6.37. The predicted molar refractivity (Wildman–Crippen MR) is 70.3 cm³/mol. The summed E-state index contributed by atoms with van der Waals surface area (Å²) in [4.78, 5) is 2.01. The van der Waals surface area contributed by atoms with Crippen LogP contribution in [0.1, 0.15) is 5.01 Å². The number of aromatic nitrogens is 2. The summed E-state index contributed by atoms with van der Waals surface area (Å²) in [5.74, 6) is 1.10. The summed E-state index contributed by atoms with van der Waals surface area (Å²) in [6.45, 7) is 0. The highest BCUT2D eigenvalue weighted by atomic mass is 35.5. The lowest BCUT2D eigenvalue weighted by molar-refractivity contribution is 0.473. The fourth-order valence-corrected chi connectivity index (χ4v) is 2.03. The molecule has 0 atom stereocenters. The van der Waals surface area contributed by atoms with Gasteiger partial charge < -0.3 is 9.64 Å². The molecule has 0 radical (unpaired) electrons. The molecule has 0 unspecified atom stereocenters. The summed E-state index contributed by atoms with van der Waals surface area (Å²) in [5.41, 5.74) is 1.07. The number of nitrogens with zero attached hydrogens (tertiary/aromatic N) is 3. The van der Waals surface area contributed by atoms with Crippen molar-refractivity contribution in [2.45, 2.75) is 5.88 Å². The van der Waals surface area contributed by atoms with Gasteiger partial charge in [0.2, 0.25) is 0 Å². The zero-order chi connectivity index (χ0) is 12.3. The van der Waals surface area contributed by atoms with Gasteiger partial charge in [-0.1, -0.05) is 22.5 Å². The van der Waals surface area contributed by atoms with Crippen LogP contribution < -0.4 is 9.64 Å². The Morgan fingerprint density at radius 2 is 2.18 bits per heavy atom. The lowest BCUT2D eigenvalue weighted by atomic mass is 10.3. The molecule has 17 heavy (non-hydrogen) atoms.